The van der Waals surface area contributed by atoms with Crippen LogP contribution in [0, 0.1) is 11.3 Å². The maximum absolute atomic E-state index is 12.3. The zero-order valence-electron chi connectivity index (χ0n) is 12.0. The lowest BCUT2D eigenvalue weighted by Crippen LogP contribution is -2.48. The van der Waals surface area contributed by atoms with Gasteiger partial charge in [0, 0.05) is 38.6 Å². The molecular formula is C14H27N3O. The molecule has 0 aromatic carbocycles. The van der Waals surface area contributed by atoms with Gasteiger partial charge in [0.2, 0.25) is 5.91 Å². The Bertz CT molecular complexity index is 291. The van der Waals surface area contributed by atoms with Crippen molar-refractivity contribution in [3.63, 3.8) is 0 Å². The molecule has 1 saturated carbocycles. The van der Waals surface area contributed by atoms with Crippen LogP contribution in [0.1, 0.15) is 26.7 Å². The molecule has 3 fully saturated rings. The predicted molar refractivity (Wildman–Crippen MR) is 73.5 cm³/mol. The normalized spacial score (nSPS) is 35.3. The molecule has 0 radical (unpaired) electrons. The van der Waals surface area contributed by atoms with Gasteiger partial charge < -0.3 is 15.1 Å². The van der Waals surface area contributed by atoms with Crippen LogP contribution in [0.3, 0.4) is 0 Å². The number of likely N-dealkylation sites (N-methyl/N-ethyl adjacent to an activating group) is 1. The summed E-state index contributed by atoms with van der Waals surface area (Å²) in [6, 6.07) is 0. The number of nitrogens with zero attached hydrogens (tertiary/aromatic N) is 2. The SMILES string of the molecule is CC.CN1CCN(C(=O)C2CC23CCNC3)CC1. The van der Waals surface area contributed by atoms with Gasteiger partial charge in [0.05, 0.1) is 0 Å². The summed E-state index contributed by atoms with van der Waals surface area (Å²) in [6.45, 7) is 10.1. The number of amides is 1. The number of piperazine rings is 1. The fourth-order valence-electron chi connectivity index (χ4n) is 3.18. The third kappa shape index (κ3) is 2.54. The van der Waals surface area contributed by atoms with Crippen LogP contribution in [-0.4, -0.2) is 62.0 Å². The average molecular weight is 253 g/mol. The van der Waals surface area contributed by atoms with Gasteiger partial charge in [-0.2, -0.15) is 0 Å². The van der Waals surface area contributed by atoms with Gasteiger partial charge in [0.1, 0.15) is 0 Å². The zero-order valence-corrected chi connectivity index (χ0v) is 12.0. The maximum Gasteiger partial charge on any atom is 0.226 e. The molecule has 18 heavy (non-hydrogen) atoms. The molecule has 0 aromatic heterocycles. The Hall–Kier alpha value is -0.610. The lowest BCUT2D eigenvalue weighted by Gasteiger charge is -2.33. The molecular weight excluding hydrogens is 226 g/mol. The van der Waals surface area contributed by atoms with Gasteiger partial charge >= 0.3 is 0 Å². The molecule has 1 spiro atoms. The first-order chi connectivity index (χ1) is 8.71. The van der Waals surface area contributed by atoms with E-state index >= 15 is 0 Å². The first kappa shape index (κ1) is 13.8. The van der Waals surface area contributed by atoms with Crippen LogP contribution >= 0.6 is 0 Å². The van der Waals surface area contributed by atoms with Crippen molar-refractivity contribution in [1.29, 1.82) is 0 Å². The summed E-state index contributed by atoms with van der Waals surface area (Å²) in [5.41, 5.74) is 0.362. The molecule has 4 nitrogen and oxygen atoms in total. The number of hydrogen-bond donors (Lipinski definition) is 1. The zero-order chi connectivity index (χ0) is 13.2. The molecule has 1 amide bonds. The Balaban J connectivity index is 0.000000574. The van der Waals surface area contributed by atoms with E-state index in [1.54, 1.807) is 0 Å². The van der Waals surface area contributed by atoms with Gasteiger partial charge in [-0.1, -0.05) is 13.8 Å². The molecule has 1 aliphatic carbocycles. The summed E-state index contributed by atoms with van der Waals surface area (Å²) < 4.78 is 0. The highest BCUT2D eigenvalue weighted by atomic mass is 16.2. The minimum absolute atomic E-state index is 0.339. The minimum Gasteiger partial charge on any atom is -0.340 e. The first-order valence-electron chi connectivity index (χ1n) is 7.39. The van der Waals surface area contributed by atoms with Gasteiger partial charge in [0.25, 0.3) is 0 Å². The summed E-state index contributed by atoms with van der Waals surface area (Å²) in [4.78, 5) is 16.7. The van der Waals surface area contributed by atoms with E-state index in [0.29, 0.717) is 17.2 Å². The van der Waals surface area contributed by atoms with Gasteiger partial charge in [-0.3, -0.25) is 4.79 Å². The van der Waals surface area contributed by atoms with Crippen molar-refractivity contribution in [2.45, 2.75) is 26.7 Å². The third-order valence-corrected chi connectivity index (χ3v) is 4.58. The fraction of sp³-hybridized carbons (Fsp3) is 0.929. The fourth-order valence-corrected chi connectivity index (χ4v) is 3.18. The van der Waals surface area contributed by atoms with Gasteiger partial charge in [-0.15, -0.1) is 0 Å². The lowest BCUT2D eigenvalue weighted by molar-refractivity contribution is -0.135. The summed E-state index contributed by atoms with van der Waals surface area (Å²) in [5.74, 6) is 0.766. The standard InChI is InChI=1S/C12H21N3O.C2H6/c1-14-4-6-15(7-5-14)11(16)10-8-12(10)2-3-13-9-12;1-2/h10,13H,2-9H2,1H3;1-2H3. The second kappa shape index (κ2) is 5.57. The van der Waals surface area contributed by atoms with E-state index in [4.69, 9.17) is 0 Å². The summed E-state index contributed by atoms with van der Waals surface area (Å²) >= 11 is 0. The number of hydrogen-bond acceptors (Lipinski definition) is 3. The van der Waals surface area contributed by atoms with E-state index in [1.165, 1.54) is 6.42 Å². The Morgan fingerprint density at radius 2 is 1.89 bits per heavy atom. The maximum atomic E-state index is 12.3. The van der Waals surface area contributed by atoms with Crippen LogP contribution in [0.25, 0.3) is 0 Å². The first-order valence-corrected chi connectivity index (χ1v) is 7.39. The van der Waals surface area contributed by atoms with E-state index in [1.807, 2.05) is 13.8 Å². The molecule has 104 valence electrons. The monoisotopic (exact) mass is 253 g/mol. The number of nitrogens with one attached hydrogen (secondary N) is 1. The molecule has 2 heterocycles. The molecule has 0 bridgehead atoms. The highest BCUT2D eigenvalue weighted by molar-refractivity contribution is 5.83. The van der Waals surface area contributed by atoms with Crippen molar-refractivity contribution in [3.05, 3.63) is 0 Å². The lowest BCUT2D eigenvalue weighted by atomic mass is 10.0. The smallest absolute Gasteiger partial charge is 0.226 e. The number of carbonyl (C=O) groups excluding carboxylic acids is 1. The largest absolute Gasteiger partial charge is 0.340 e. The predicted octanol–water partition coefficient (Wildman–Crippen LogP) is 0.786. The number of carbonyl (C=O) groups is 1. The van der Waals surface area contributed by atoms with Crippen LogP contribution in [0.5, 0.6) is 0 Å². The molecule has 3 aliphatic rings. The van der Waals surface area contributed by atoms with Gasteiger partial charge in [-0.25, -0.2) is 0 Å². The highest BCUT2D eigenvalue weighted by Crippen LogP contribution is 2.57. The molecule has 1 N–H and O–H groups in total. The van der Waals surface area contributed by atoms with Crippen molar-refractivity contribution in [3.8, 4) is 0 Å². The minimum atomic E-state index is 0.339. The second-order valence-corrected chi connectivity index (χ2v) is 5.67. The van der Waals surface area contributed by atoms with E-state index < -0.39 is 0 Å². The van der Waals surface area contributed by atoms with Crippen LogP contribution in [-0.2, 0) is 4.79 Å². The Morgan fingerprint density at radius 3 is 2.44 bits per heavy atom. The Kier molecular flexibility index (Phi) is 4.28. The summed E-state index contributed by atoms with van der Waals surface area (Å²) in [6.07, 6.45) is 2.34. The highest BCUT2D eigenvalue weighted by Gasteiger charge is 2.59. The van der Waals surface area contributed by atoms with E-state index in [0.717, 1.165) is 45.7 Å². The van der Waals surface area contributed by atoms with Crippen molar-refractivity contribution < 1.29 is 4.79 Å². The van der Waals surface area contributed by atoms with Gasteiger partial charge in [-0.05, 0) is 31.8 Å². The van der Waals surface area contributed by atoms with E-state index in [9.17, 15) is 4.79 Å². The molecule has 2 saturated heterocycles. The second-order valence-electron chi connectivity index (χ2n) is 5.67. The molecule has 0 aromatic rings. The van der Waals surface area contributed by atoms with Crippen LogP contribution in [0.2, 0.25) is 0 Å². The summed E-state index contributed by atoms with van der Waals surface area (Å²) in [7, 11) is 2.13. The van der Waals surface area contributed by atoms with Crippen LogP contribution in [0.4, 0.5) is 0 Å². The quantitative estimate of drug-likeness (QED) is 0.750. The third-order valence-electron chi connectivity index (χ3n) is 4.58. The molecule has 2 aliphatic heterocycles. The summed E-state index contributed by atoms with van der Waals surface area (Å²) in [5, 5.41) is 3.39. The van der Waals surface area contributed by atoms with Crippen LogP contribution in [0.15, 0.2) is 0 Å². The Labute approximate surface area is 111 Å². The molecule has 3 rings (SSSR count). The molecule has 2 unspecified atom stereocenters. The topological polar surface area (TPSA) is 35.6 Å². The van der Waals surface area contributed by atoms with Crippen molar-refractivity contribution in [1.82, 2.24) is 15.1 Å². The molecule has 2 atom stereocenters. The number of rotatable bonds is 1. The van der Waals surface area contributed by atoms with Crippen LogP contribution < -0.4 is 5.32 Å². The van der Waals surface area contributed by atoms with E-state index in [-0.39, 0.29) is 0 Å². The van der Waals surface area contributed by atoms with E-state index in [2.05, 4.69) is 22.2 Å². The van der Waals surface area contributed by atoms with Crippen molar-refractivity contribution in [2.24, 2.45) is 11.3 Å². The van der Waals surface area contributed by atoms with Gasteiger partial charge in [0.15, 0.2) is 0 Å². The van der Waals surface area contributed by atoms with Crippen molar-refractivity contribution in [2.75, 3.05) is 46.3 Å². The Morgan fingerprint density at radius 1 is 1.22 bits per heavy atom. The van der Waals surface area contributed by atoms with Crippen molar-refractivity contribution >= 4 is 5.91 Å². The average Bonchev–Trinajstić information content (AvgIpc) is 2.89. The molecule has 4 heteroatoms.